The topological polar surface area (TPSA) is 62.7 Å². The normalized spacial score (nSPS) is 16.3. The number of pyridine rings is 2. The smallest absolute Gasteiger partial charge is 0.417 e. The minimum atomic E-state index is -1.64. The van der Waals surface area contributed by atoms with E-state index < -0.39 is 16.6 Å². The maximum absolute atomic E-state index is 6.15. The van der Waals surface area contributed by atoms with E-state index in [-0.39, 0.29) is 28.4 Å². The minimum absolute atomic E-state index is 0.247. The first-order chi connectivity index (χ1) is 22.6. The molecular formula is C36H58BCl4IN2O4Si2. The van der Waals surface area contributed by atoms with Gasteiger partial charge in [0.15, 0.2) is 16.6 Å². The maximum Gasteiger partial charge on any atom is 0.486 e. The van der Waals surface area contributed by atoms with Crippen LogP contribution in [0.25, 0.3) is 6.08 Å². The van der Waals surface area contributed by atoms with Gasteiger partial charge in [-0.2, -0.15) is 0 Å². The summed E-state index contributed by atoms with van der Waals surface area (Å²) in [5.41, 5.74) is 0.350. The largest absolute Gasteiger partial charge is 0.486 e. The fraction of sp³-hybridized carbons (Fsp3) is 0.611. The van der Waals surface area contributed by atoms with E-state index in [2.05, 4.69) is 140 Å². The van der Waals surface area contributed by atoms with Crippen molar-refractivity contribution in [1.82, 2.24) is 9.97 Å². The highest BCUT2D eigenvalue weighted by Crippen LogP contribution is 2.38. The second kappa shape index (κ2) is 20.1. The first kappa shape index (κ1) is 48.0. The molecular weight excluding hydrogens is 860 g/mol. The summed E-state index contributed by atoms with van der Waals surface area (Å²) in [4.78, 5) is 7.80. The molecule has 50 heavy (non-hydrogen) atoms. The summed E-state index contributed by atoms with van der Waals surface area (Å²) in [5, 5.41) is 2.25. The molecule has 2 aromatic rings. The molecule has 0 aromatic carbocycles. The van der Waals surface area contributed by atoms with Crippen LogP contribution in [0.3, 0.4) is 0 Å². The molecule has 1 saturated heterocycles. The second-order valence-corrected chi connectivity index (χ2v) is 28.4. The quantitative estimate of drug-likeness (QED) is 0.102. The minimum Gasteiger partial charge on any atom is -0.417 e. The van der Waals surface area contributed by atoms with Gasteiger partial charge in [0.05, 0.1) is 14.8 Å². The molecule has 0 N–H and O–H groups in total. The van der Waals surface area contributed by atoms with Crippen molar-refractivity contribution in [2.24, 2.45) is 0 Å². The van der Waals surface area contributed by atoms with Crippen LogP contribution in [-0.4, -0.2) is 58.1 Å². The molecule has 0 radical (unpaired) electrons. The van der Waals surface area contributed by atoms with E-state index in [4.69, 9.17) is 64.6 Å². The van der Waals surface area contributed by atoms with Gasteiger partial charge < -0.3 is 18.2 Å². The zero-order valence-corrected chi connectivity index (χ0v) is 39.6. The Hall–Kier alpha value is 0.00870. The van der Waals surface area contributed by atoms with E-state index in [0.717, 1.165) is 35.2 Å². The van der Waals surface area contributed by atoms with E-state index in [1.165, 1.54) is 0 Å². The Morgan fingerprint density at radius 1 is 0.720 bits per heavy atom. The van der Waals surface area contributed by atoms with E-state index in [1.807, 2.05) is 24.2 Å². The van der Waals surface area contributed by atoms with Crippen molar-refractivity contribution in [2.75, 3.05) is 13.2 Å². The molecule has 0 spiro atoms. The standard InChI is InChI=1S/C16H33BO3Si.C15H23Cl2NOSi.C5H2Cl2IN/c1-14(2,3)21(8,9)18-13-11-10-12-17-19-15(4,5)16(6,7)20-17;1-15(2,3)20(4,5)19-11-7-6-8-12-9-10-13(16)18-14(12)17;6-4-2-1-3(8)5(7)9-4/h10,12H,11,13H2,1-9H3;6,8-10H,7,11H2,1-5H3;1-2H/b12-10+;8-6+;. The lowest BCUT2D eigenvalue weighted by Crippen LogP contribution is -2.41. The molecule has 0 bridgehead atoms. The van der Waals surface area contributed by atoms with Crippen LogP contribution in [0.15, 0.2) is 42.4 Å². The number of hydrogen-bond acceptors (Lipinski definition) is 6. The summed E-state index contributed by atoms with van der Waals surface area (Å²) in [6.07, 6.45) is 7.89. The van der Waals surface area contributed by atoms with Gasteiger partial charge in [-0.1, -0.05) is 112 Å². The Morgan fingerprint density at radius 3 is 1.54 bits per heavy atom. The summed E-state index contributed by atoms with van der Waals surface area (Å²) >= 11 is 25.0. The molecule has 6 nitrogen and oxygen atoms in total. The molecule has 0 saturated carbocycles. The second-order valence-electron chi connectivity index (χ2n) is 16.2. The molecule has 282 valence electrons. The molecule has 0 amide bonds. The highest BCUT2D eigenvalue weighted by atomic mass is 127. The summed E-state index contributed by atoms with van der Waals surface area (Å²) in [5.74, 6) is 2.01. The lowest BCUT2D eigenvalue weighted by atomic mass is 9.90. The zero-order valence-electron chi connectivity index (χ0n) is 32.4. The fourth-order valence-corrected chi connectivity index (χ4v) is 6.70. The lowest BCUT2D eigenvalue weighted by Gasteiger charge is -2.36. The molecule has 3 heterocycles. The van der Waals surface area contributed by atoms with E-state index >= 15 is 0 Å². The predicted molar refractivity (Wildman–Crippen MR) is 231 cm³/mol. The van der Waals surface area contributed by atoms with Gasteiger partial charge in [-0.15, -0.1) is 0 Å². The van der Waals surface area contributed by atoms with Crippen molar-refractivity contribution in [3.8, 4) is 0 Å². The van der Waals surface area contributed by atoms with Gasteiger partial charge in [0.1, 0.15) is 20.6 Å². The predicted octanol–water partition coefficient (Wildman–Crippen LogP) is 13.4. The summed E-state index contributed by atoms with van der Waals surface area (Å²) < 4.78 is 25.0. The van der Waals surface area contributed by atoms with Crippen LogP contribution >= 0.6 is 69.0 Å². The monoisotopic (exact) mass is 916 g/mol. The van der Waals surface area contributed by atoms with Gasteiger partial charge in [0, 0.05) is 18.8 Å². The Balaban J connectivity index is 0.000000403. The number of aromatic nitrogens is 2. The van der Waals surface area contributed by atoms with Gasteiger partial charge in [-0.3, -0.25) is 0 Å². The van der Waals surface area contributed by atoms with Gasteiger partial charge in [0.2, 0.25) is 0 Å². The molecule has 0 atom stereocenters. The van der Waals surface area contributed by atoms with Gasteiger partial charge in [0.25, 0.3) is 0 Å². The van der Waals surface area contributed by atoms with Crippen LogP contribution in [0, 0.1) is 3.57 Å². The highest BCUT2D eigenvalue weighted by molar-refractivity contribution is 14.1. The molecule has 0 aliphatic carbocycles. The maximum atomic E-state index is 6.15. The molecule has 1 fully saturated rings. The highest BCUT2D eigenvalue weighted by Gasteiger charge is 2.50. The Labute approximate surface area is 339 Å². The molecule has 1 aliphatic rings. The fourth-order valence-electron chi connectivity index (χ4n) is 3.52. The molecule has 0 unspecified atom stereocenters. The molecule has 1 aliphatic heterocycles. The molecule has 2 aromatic heterocycles. The summed E-state index contributed by atoms with van der Waals surface area (Å²) in [7, 11) is -3.52. The van der Waals surface area contributed by atoms with Crippen molar-refractivity contribution < 1.29 is 18.2 Å². The first-order valence-electron chi connectivity index (χ1n) is 16.9. The average molecular weight is 919 g/mol. The summed E-state index contributed by atoms with van der Waals surface area (Å²) in [6.45, 7) is 32.4. The zero-order chi connectivity index (χ0) is 38.8. The number of hydrogen-bond donors (Lipinski definition) is 0. The lowest BCUT2D eigenvalue weighted by molar-refractivity contribution is 0.00578. The third-order valence-corrected chi connectivity index (χ3v) is 20.9. The van der Waals surface area contributed by atoms with E-state index in [1.54, 1.807) is 12.1 Å². The summed E-state index contributed by atoms with van der Waals surface area (Å²) in [6, 6.07) is 7.12. The van der Waals surface area contributed by atoms with Crippen molar-refractivity contribution in [3.63, 3.8) is 0 Å². The van der Waals surface area contributed by atoms with Crippen molar-refractivity contribution in [1.29, 1.82) is 0 Å². The van der Waals surface area contributed by atoms with Crippen LogP contribution in [0.2, 0.25) is 56.9 Å². The number of nitrogens with zero attached hydrogens (tertiary/aromatic N) is 2. The van der Waals surface area contributed by atoms with Gasteiger partial charge in [-0.05, 0) is 124 Å². The van der Waals surface area contributed by atoms with Crippen LogP contribution in [-0.2, 0) is 18.2 Å². The SMILES string of the molecule is CC(C)(C)[Si](C)(C)OCC/C=C/c1ccc(Cl)nc1Cl.CC1(C)OB(/C=C/CCO[Si](C)(C)C(C)(C)C)OC1(C)C.Clc1ccc(I)c(Cl)n1. The van der Waals surface area contributed by atoms with Crippen molar-refractivity contribution >= 4 is 98.8 Å². The van der Waals surface area contributed by atoms with Gasteiger partial charge >= 0.3 is 7.12 Å². The Bertz CT molecular complexity index is 1420. The Morgan fingerprint density at radius 2 is 1.14 bits per heavy atom. The average Bonchev–Trinajstić information content (AvgIpc) is 3.16. The number of rotatable bonds is 10. The van der Waals surface area contributed by atoms with Crippen molar-refractivity contribution in [2.45, 2.75) is 130 Å². The first-order valence-corrected chi connectivity index (χ1v) is 25.3. The van der Waals surface area contributed by atoms with Crippen LogP contribution in [0.1, 0.15) is 87.6 Å². The molecule has 3 rings (SSSR count). The Kier molecular flexibility index (Phi) is 19.3. The van der Waals surface area contributed by atoms with Crippen LogP contribution in [0.5, 0.6) is 0 Å². The molecule has 14 heteroatoms. The van der Waals surface area contributed by atoms with Crippen LogP contribution < -0.4 is 0 Å². The van der Waals surface area contributed by atoms with E-state index in [0.29, 0.717) is 20.6 Å². The number of halogens is 5. The van der Waals surface area contributed by atoms with Crippen molar-refractivity contribution in [3.05, 3.63) is 72.1 Å². The third-order valence-electron chi connectivity index (χ3n) is 9.58. The van der Waals surface area contributed by atoms with E-state index in [9.17, 15) is 0 Å². The third kappa shape index (κ3) is 16.2. The van der Waals surface area contributed by atoms with Gasteiger partial charge in [-0.25, -0.2) is 9.97 Å². The van der Waals surface area contributed by atoms with Crippen LogP contribution in [0.4, 0.5) is 0 Å².